The fraction of sp³-hybridized carbons (Fsp3) is 0.625. The first kappa shape index (κ1) is 12.6. The van der Waals surface area contributed by atoms with Crippen LogP contribution in [0.5, 0.6) is 0 Å². The second kappa shape index (κ2) is 5.66. The van der Waals surface area contributed by atoms with Crippen molar-refractivity contribution in [3.63, 3.8) is 0 Å². The second-order valence-electron chi connectivity index (χ2n) is 5.60. The summed E-state index contributed by atoms with van der Waals surface area (Å²) in [4.78, 5) is 1.47. The molecule has 2 heteroatoms. The molecule has 0 saturated heterocycles. The summed E-state index contributed by atoms with van der Waals surface area (Å²) in [6, 6.07) is 7.84. The van der Waals surface area contributed by atoms with Gasteiger partial charge in [-0.05, 0) is 67.8 Å². The molecule has 1 atom stereocenters. The van der Waals surface area contributed by atoms with Gasteiger partial charge >= 0.3 is 0 Å². The maximum Gasteiger partial charge on any atom is 0.0189 e. The van der Waals surface area contributed by atoms with E-state index in [0.717, 1.165) is 18.5 Å². The van der Waals surface area contributed by atoms with Crippen LogP contribution < -0.4 is 5.32 Å². The molecule has 1 aromatic carbocycles. The Morgan fingerprint density at radius 1 is 1.28 bits per heavy atom. The van der Waals surface area contributed by atoms with Crippen molar-refractivity contribution >= 4 is 11.8 Å². The van der Waals surface area contributed by atoms with Gasteiger partial charge in [0.05, 0.1) is 0 Å². The Kier molecular flexibility index (Phi) is 3.95. The van der Waals surface area contributed by atoms with Gasteiger partial charge in [-0.1, -0.05) is 13.0 Å². The molecular formula is C16H23NS. The lowest BCUT2D eigenvalue weighted by atomic mass is 10.1. The van der Waals surface area contributed by atoms with Crippen LogP contribution in [0.15, 0.2) is 23.1 Å². The summed E-state index contributed by atoms with van der Waals surface area (Å²) >= 11 is 2.04. The van der Waals surface area contributed by atoms with Crippen LogP contribution in [0.2, 0.25) is 0 Å². The molecule has 1 unspecified atom stereocenters. The van der Waals surface area contributed by atoms with Gasteiger partial charge in [-0.2, -0.15) is 0 Å². The molecule has 1 N–H and O–H groups in total. The van der Waals surface area contributed by atoms with Crippen LogP contribution in [0.25, 0.3) is 0 Å². The smallest absolute Gasteiger partial charge is 0.0189 e. The molecule has 1 fully saturated rings. The fourth-order valence-corrected chi connectivity index (χ4v) is 4.10. The Hall–Kier alpha value is -0.470. The first-order chi connectivity index (χ1) is 8.86. The molecule has 0 heterocycles. The number of benzene rings is 1. The minimum absolute atomic E-state index is 0.730. The van der Waals surface area contributed by atoms with E-state index in [0.29, 0.717) is 0 Å². The standard InChI is InChI=1S/C16H23NS/c1-2-17-16(13-6-7-13)11-18-15-9-8-12-4-3-5-14(12)10-15/h8-10,13,16-17H,2-7,11H2,1H3. The highest BCUT2D eigenvalue weighted by Crippen LogP contribution is 2.35. The van der Waals surface area contributed by atoms with Crippen LogP contribution >= 0.6 is 11.8 Å². The van der Waals surface area contributed by atoms with E-state index in [9.17, 15) is 0 Å². The van der Waals surface area contributed by atoms with Crippen LogP contribution in [-0.4, -0.2) is 18.3 Å². The van der Waals surface area contributed by atoms with E-state index < -0.39 is 0 Å². The topological polar surface area (TPSA) is 12.0 Å². The maximum absolute atomic E-state index is 3.65. The van der Waals surface area contributed by atoms with Crippen LogP contribution in [0, 0.1) is 5.92 Å². The summed E-state index contributed by atoms with van der Waals surface area (Å²) in [6.07, 6.45) is 6.81. The van der Waals surface area contributed by atoms with Crippen molar-refractivity contribution in [3.05, 3.63) is 29.3 Å². The van der Waals surface area contributed by atoms with Gasteiger partial charge in [0.2, 0.25) is 0 Å². The highest BCUT2D eigenvalue weighted by molar-refractivity contribution is 7.99. The molecule has 0 bridgehead atoms. The molecule has 18 heavy (non-hydrogen) atoms. The molecule has 3 rings (SSSR count). The van der Waals surface area contributed by atoms with E-state index in [1.54, 1.807) is 11.1 Å². The quantitative estimate of drug-likeness (QED) is 0.784. The largest absolute Gasteiger partial charge is 0.313 e. The van der Waals surface area contributed by atoms with Gasteiger partial charge in [0, 0.05) is 16.7 Å². The molecule has 1 aromatic rings. The molecule has 2 aliphatic carbocycles. The maximum atomic E-state index is 3.65. The zero-order valence-electron chi connectivity index (χ0n) is 11.2. The third-order valence-corrected chi connectivity index (χ3v) is 5.27. The number of thioether (sulfide) groups is 1. The van der Waals surface area contributed by atoms with Gasteiger partial charge in [0.25, 0.3) is 0 Å². The van der Waals surface area contributed by atoms with Gasteiger partial charge < -0.3 is 5.32 Å². The molecule has 0 spiro atoms. The third kappa shape index (κ3) is 2.92. The van der Waals surface area contributed by atoms with Crippen molar-refractivity contribution in [2.75, 3.05) is 12.3 Å². The lowest BCUT2D eigenvalue weighted by Gasteiger charge is -2.16. The fourth-order valence-electron chi connectivity index (χ4n) is 2.95. The lowest BCUT2D eigenvalue weighted by molar-refractivity contribution is 0.519. The molecule has 0 aliphatic heterocycles. The second-order valence-corrected chi connectivity index (χ2v) is 6.69. The van der Waals surface area contributed by atoms with Gasteiger partial charge in [0.15, 0.2) is 0 Å². The van der Waals surface area contributed by atoms with Crippen molar-refractivity contribution in [1.82, 2.24) is 5.32 Å². The Morgan fingerprint density at radius 3 is 2.89 bits per heavy atom. The average Bonchev–Trinajstić information content (AvgIpc) is 3.12. The van der Waals surface area contributed by atoms with E-state index in [1.165, 1.54) is 42.8 Å². The van der Waals surface area contributed by atoms with E-state index in [2.05, 4.69) is 30.4 Å². The van der Waals surface area contributed by atoms with Gasteiger partial charge in [0.1, 0.15) is 0 Å². The number of fused-ring (bicyclic) bond motifs is 1. The average molecular weight is 261 g/mol. The summed E-state index contributed by atoms with van der Waals surface area (Å²) < 4.78 is 0. The monoisotopic (exact) mass is 261 g/mol. The van der Waals surface area contributed by atoms with E-state index >= 15 is 0 Å². The predicted octanol–water partition coefficient (Wildman–Crippen LogP) is 3.66. The summed E-state index contributed by atoms with van der Waals surface area (Å²) in [5.74, 6) is 2.18. The summed E-state index contributed by atoms with van der Waals surface area (Å²) in [7, 11) is 0. The van der Waals surface area contributed by atoms with Crippen LogP contribution in [0.1, 0.15) is 37.3 Å². The Balaban J connectivity index is 1.58. The van der Waals surface area contributed by atoms with Crippen molar-refractivity contribution < 1.29 is 0 Å². The Bertz CT molecular complexity index is 412. The summed E-state index contributed by atoms with van der Waals surface area (Å²) in [5, 5.41) is 3.65. The number of aryl methyl sites for hydroxylation is 2. The molecule has 2 aliphatic rings. The van der Waals surface area contributed by atoms with Crippen LogP contribution in [-0.2, 0) is 12.8 Å². The van der Waals surface area contributed by atoms with Crippen molar-refractivity contribution in [2.24, 2.45) is 5.92 Å². The van der Waals surface area contributed by atoms with Crippen LogP contribution in [0.3, 0.4) is 0 Å². The molecule has 98 valence electrons. The lowest BCUT2D eigenvalue weighted by Crippen LogP contribution is -2.33. The first-order valence-electron chi connectivity index (χ1n) is 7.35. The van der Waals surface area contributed by atoms with Gasteiger partial charge in [-0.3, -0.25) is 0 Å². The Labute approximate surface area is 115 Å². The third-order valence-electron chi connectivity index (χ3n) is 4.16. The number of hydrogen-bond donors (Lipinski definition) is 1. The molecule has 0 radical (unpaired) electrons. The Morgan fingerprint density at radius 2 is 2.11 bits per heavy atom. The minimum Gasteiger partial charge on any atom is -0.313 e. The van der Waals surface area contributed by atoms with E-state index in [4.69, 9.17) is 0 Å². The molecule has 0 aromatic heterocycles. The summed E-state index contributed by atoms with van der Waals surface area (Å²) in [5.41, 5.74) is 3.19. The predicted molar refractivity (Wildman–Crippen MR) is 79.4 cm³/mol. The van der Waals surface area contributed by atoms with Crippen molar-refractivity contribution in [1.29, 1.82) is 0 Å². The van der Waals surface area contributed by atoms with E-state index in [-0.39, 0.29) is 0 Å². The zero-order chi connectivity index (χ0) is 12.4. The number of rotatable bonds is 6. The summed E-state index contributed by atoms with van der Waals surface area (Å²) in [6.45, 7) is 3.32. The highest BCUT2D eigenvalue weighted by atomic mass is 32.2. The van der Waals surface area contributed by atoms with Gasteiger partial charge in [-0.15, -0.1) is 11.8 Å². The van der Waals surface area contributed by atoms with Gasteiger partial charge in [-0.25, -0.2) is 0 Å². The van der Waals surface area contributed by atoms with Crippen molar-refractivity contribution in [3.8, 4) is 0 Å². The van der Waals surface area contributed by atoms with Crippen LogP contribution in [0.4, 0.5) is 0 Å². The van der Waals surface area contributed by atoms with Crippen molar-refractivity contribution in [2.45, 2.75) is 50.0 Å². The molecular weight excluding hydrogens is 238 g/mol. The number of nitrogens with one attached hydrogen (secondary N) is 1. The molecule has 1 nitrogen and oxygen atoms in total. The molecule has 0 amide bonds. The normalized spacial score (nSPS) is 19.8. The van der Waals surface area contributed by atoms with E-state index in [1.807, 2.05) is 11.8 Å². The number of hydrogen-bond acceptors (Lipinski definition) is 2. The minimum atomic E-state index is 0.730. The zero-order valence-corrected chi connectivity index (χ0v) is 12.1. The SMILES string of the molecule is CCNC(CSc1ccc2c(c1)CCC2)C1CC1. The molecule has 1 saturated carbocycles. The highest BCUT2D eigenvalue weighted by Gasteiger charge is 2.30. The first-order valence-corrected chi connectivity index (χ1v) is 8.33.